The lowest BCUT2D eigenvalue weighted by Gasteiger charge is -2.64. The summed E-state index contributed by atoms with van der Waals surface area (Å²) >= 11 is 0. The summed E-state index contributed by atoms with van der Waals surface area (Å²) in [5, 5.41) is 10.3. The first-order chi connectivity index (χ1) is 20.1. The van der Waals surface area contributed by atoms with Gasteiger partial charge in [0.05, 0.1) is 40.8 Å². The van der Waals surface area contributed by atoms with Crippen LogP contribution in [0, 0.1) is 39.9 Å². The molecule has 42 heavy (non-hydrogen) atoms. The maximum atomic E-state index is 13.6. The van der Waals surface area contributed by atoms with Crippen LogP contribution < -0.4 is 0 Å². The Kier molecular flexibility index (Phi) is 7.13. The normalized spacial score (nSPS) is 50.2. The fourth-order valence-electron chi connectivity index (χ4n) is 12.4. The van der Waals surface area contributed by atoms with Crippen molar-refractivity contribution in [1.29, 1.82) is 0 Å². The molecular weight excluding hydrogens is 536 g/mol. The molecule has 1 N–H and O–H groups in total. The molecule has 9 fully saturated rings. The van der Waals surface area contributed by atoms with Crippen LogP contribution in [-0.4, -0.2) is 75.0 Å². The van der Waals surface area contributed by atoms with E-state index in [1.54, 1.807) is 21.3 Å². The Bertz CT molecular complexity index is 955. The Morgan fingerprint density at radius 2 is 1.02 bits per heavy atom. The molecular formula is C34H52O8. The lowest BCUT2D eigenvalue weighted by Crippen LogP contribution is -2.66. The van der Waals surface area contributed by atoms with Crippen LogP contribution in [0.3, 0.4) is 0 Å². The summed E-state index contributed by atoms with van der Waals surface area (Å²) in [5.41, 5.74) is -2.00. The number of esters is 2. The second kappa shape index (κ2) is 10.1. The first-order valence-electron chi connectivity index (χ1n) is 16.7. The van der Waals surface area contributed by atoms with E-state index in [1.165, 1.54) is 0 Å². The molecule has 0 aliphatic heterocycles. The molecule has 0 aromatic heterocycles. The van der Waals surface area contributed by atoms with Gasteiger partial charge >= 0.3 is 11.9 Å². The van der Waals surface area contributed by atoms with E-state index in [2.05, 4.69) is 0 Å². The number of aliphatic hydroxyl groups excluding tert-OH is 1. The fraction of sp³-hybridized carbons (Fsp3) is 0.941. The van der Waals surface area contributed by atoms with Gasteiger partial charge in [-0.25, -0.2) is 0 Å². The summed E-state index contributed by atoms with van der Waals surface area (Å²) in [4.78, 5) is 27.2. The first-order valence-corrected chi connectivity index (χ1v) is 16.7. The predicted molar refractivity (Wildman–Crippen MR) is 153 cm³/mol. The number of ether oxygens (including phenoxy) is 5. The minimum atomic E-state index is -0.510. The third kappa shape index (κ3) is 4.68. The van der Waals surface area contributed by atoms with Gasteiger partial charge in [-0.05, 0) is 125 Å². The van der Waals surface area contributed by atoms with Crippen LogP contribution in [0.25, 0.3) is 0 Å². The molecule has 0 saturated heterocycles. The zero-order valence-electron chi connectivity index (χ0n) is 26.0. The third-order valence-electron chi connectivity index (χ3n) is 13.5. The van der Waals surface area contributed by atoms with Gasteiger partial charge in [0.1, 0.15) is 0 Å². The standard InChI is InChI=1S/C34H52O8/c1-38-32-11-25-8-29(17-32,22-35)16-30(9-25,18-32)27(36)41-14-23-4-6-24(7-5-23)15-42-28(37)31-10-26-12-33(19-31,39-2)21-34(13-26,20-31)40-3/h23-26,35H,4-22H2,1-3H3. The molecule has 236 valence electrons. The Morgan fingerprint density at radius 1 is 0.595 bits per heavy atom. The smallest absolute Gasteiger partial charge is 0.312 e. The van der Waals surface area contributed by atoms with E-state index in [1.807, 2.05) is 0 Å². The number of rotatable bonds is 10. The molecule has 0 heterocycles. The molecule has 8 nitrogen and oxygen atoms in total. The minimum Gasteiger partial charge on any atom is -0.465 e. The Labute approximate surface area is 250 Å². The van der Waals surface area contributed by atoms with E-state index in [9.17, 15) is 14.7 Å². The quantitative estimate of drug-likeness (QED) is 0.357. The fourth-order valence-corrected chi connectivity index (χ4v) is 12.4. The molecule has 9 saturated carbocycles. The van der Waals surface area contributed by atoms with E-state index >= 15 is 0 Å². The molecule has 8 heteroatoms. The molecule has 8 bridgehead atoms. The van der Waals surface area contributed by atoms with Crippen molar-refractivity contribution in [3.8, 4) is 0 Å². The van der Waals surface area contributed by atoms with Crippen LogP contribution in [0.15, 0.2) is 0 Å². The molecule has 0 spiro atoms. The maximum Gasteiger partial charge on any atom is 0.312 e. The summed E-state index contributed by atoms with van der Waals surface area (Å²) in [5.74, 6) is 1.48. The number of carbonyl (C=O) groups is 2. The van der Waals surface area contributed by atoms with Gasteiger partial charge in [-0.2, -0.15) is 0 Å². The predicted octanol–water partition coefficient (Wildman–Crippen LogP) is 4.98. The van der Waals surface area contributed by atoms with Crippen molar-refractivity contribution in [3.63, 3.8) is 0 Å². The van der Waals surface area contributed by atoms with Crippen LogP contribution in [0.4, 0.5) is 0 Å². The van der Waals surface area contributed by atoms with Gasteiger partial charge in [0.25, 0.3) is 0 Å². The second-order valence-electron chi connectivity index (χ2n) is 16.5. The zero-order valence-corrected chi connectivity index (χ0v) is 26.0. The lowest BCUT2D eigenvalue weighted by molar-refractivity contribution is -0.252. The number of hydrogen-bond acceptors (Lipinski definition) is 8. The van der Waals surface area contributed by atoms with Crippen molar-refractivity contribution in [2.45, 2.75) is 120 Å². The van der Waals surface area contributed by atoms with E-state index in [4.69, 9.17) is 23.7 Å². The molecule has 9 aliphatic carbocycles. The van der Waals surface area contributed by atoms with Gasteiger partial charge < -0.3 is 28.8 Å². The molecule has 6 unspecified atom stereocenters. The van der Waals surface area contributed by atoms with Crippen LogP contribution in [-0.2, 0) is 33.3 Å². The highest BCUT2D eigenvalue weighted by molar-refractivity contribution is 5.78. The summed E-state index contributed by atoms with van der Waals surface area (Å²) in [6, 6.07) is 0. The van der Waals surface area contributed by atoms with E-state index in [-0.39, 0.29) is 40.8 Å². The molecule has 0 amide bonds. The topological polar surface area (TPSA) is 101 Å². The summed E-state index contributed by atoms with van der Waals surface area (Å²) in [6.45, 7) is 1.07. The van der Waals surface area contributed by atoms with Crippen molar-refractivity contribution in [2.75, 3.05) is 41.2 Å². The van der Waals surface area contributed by atoms with E-state index in [0.29, 0.717) is 36.9 Å². The highest BCUT2D eigenvalue weighted by Gasteiger charge is 2.68. The molecule has 6 atom stereocenters. The monoisotopic (exact) mass is 588 g/mol. The maximum absolute atomic E-state index is 13.6. The number of aliphatic hydroxyl groups is 1. The number of methoxy groups -OCH3 is 3. The molecule has 0 aromatic carbocycles. The van der Waals surface area contributed by atoms with Gasteiger partial charge in [-0.15, -0.1) is 0 Å². The number of carbonyl (C=O) groups excluding carboxylic acids is 2. The molecule has 0 radical (unpaired) electrons. The van der Waals surface area contributed by atoms with Gasteiger partial charge in [-0.3, -0.25) is 9.59 Å². The average molecular weight is 589 g/mol. The summed E-state index contributed by atoms with van der Waals surface area (Å²) in [7, 11) is 5.34. The van der Waals surface area contributed by atoms with E-state index < -0.39 is 10.8 Å². The van der Waals surface area contributed by atoms with Gasteiger partial charge in [0.2, 0.25) is 0 Å². The Hall–Kier alpha value is -1.22. The SMILES string of the molecule is COC12CC3CC(CO)(C1)CC(C(=O)OCC1CCC(COC(=O)C45CC6CC(OC)(CC(OC)(C6)C4)C5)CC1)(C3)C2. The van der Waals surface area contributed by atoms with Crippen molar-refractivity contribution in [3.05, 3.63) is 0 Å². The number of hydrogen-bond donors (Lipinski definition) is 1. The summed E-state index contributed by atoms with van der Waals surface area (Å²) < 4.78 is 30.3. The van der Waals surface area contributed by atoms with Crippen LogP contribution in [0.1, 0.15) is 103 Å². The lowest BCUT2D eigenvalue weighted by atomic mass is 9.43. The van der Waals surface area contributed by atoms with Gasteiger partial charge in [0, 0.05) is 34.4 Å². The Morgan fingerprint density at radius 3 is 1.48 bits per heavy atom. The van der Waals surface area contributed by atoms with Crippen LogP contribution >= 0.6 is 0 Å². The largest absolute Gasteiger partial charge is 0.465 e. The van der Waals surface area contributed by atoms with Crippen molar-refractivity contribution < 1.29 is 38.4 Å². The van der Waals surface area contributed by atoms with Gasteiger partial charge in [-0.1, -0.05) is 0 Å². The molecule has 9 rings (SSSR count). The van der Waals surface area contributed by atoms with Gasteiger partial charge in [0.15, 0.2) is 0 Å². The zero-order chi connectivity index (χ0) is 29.4. The summed E-state index contributed by atoms with van der Waals surface area (Å²) in [6.07, 6.45) is 14.5. The average Bonchev–Trinajstić information content (AvgIpc) is 2.98. The highest BCUT2D eigenvalue weighted by atomic mass is 16.5. The molecule has 0 aromatic rings. The molecule has 9 aliphatic rings. The van der Waals surface area contributed by atoms with E-state index in [0.717, 1.165) is 103 Å². The van der Waals surface area contributed by atoms with Crippen LogP contribution in [0.2, 0.25) is 0 Å². The van der Waals surface area contributed by atoms with Crippen molar-refractivity contribution >= 4 is 11.9 Å². The van der Waals surface area contributed by atoms with Crippen molar-refractivity contribution in [1.82, 2.24) is 0 Å². The highest BCUT2D eigenvalue weighted by Crippen LogP contribution is 2.68. The third-order valence-corrected chi connectivity index (χ3v) is 13.5. The van der Waals surface area contributed by atoms with Crippen molar-refractivity contribution in [2.24, 2.45) is 39.9 Å². The minimum absolute atomic E-state index is 0.0458. The Balaban J connectivity index is 0.901. The second-order valence-corrected chi connectivity index (χ2v) is 16.5. The first kappa shape index (κ1) is 29.5. The van der Waals surface area contributed by atoms with Crippen LogP contribution in [0.5, 0.6) is 0 Å².